The molecule has 1 amide bonds. The van der Waals surface area contributed by atoms with Crippen molar-refractivity contribution in [3.8, 4) is 16.9 Å². The van der Waals surface area contributed by atoms with Gasteiger partial charge in [0.25, 0.3) is 0 Å². The molecule has 0 saturated heterocycles. The Morgan fingerprint density at radius 2 is 1.96 bits per heavy atom. The van der Waals surface area contributed by atoms with Gasteiger partial charge in [-0.3, -0.25) is 4.79 Å². The lowest BCUT2D eigenvalue weighted by atomic mass is 9.97. The van der Waals surface area contributed by atoms with Gasteiger partial charge in [0, 0.05) is 28.9 Å². The summed E-state index contributed by atoms with van der Waals surface area (Å²) in [4.78, 5) is 15.9. The number of hydrogen-bond donors (Lipinski definition) is 1. The van der Waals surface area contributed by atoms with Crippen LogP contribution in [0.25, 0.3) is 16.9 Å². The van der Waals surface area contributed by atoms with E-state index in [1.165, 1.54) is 4.68 Å². The second kappa shape index (κ2) is 6.47. The Hall–Kier alpha value is -3.16. The Morgan fingerprint density at radius 1 is 1.21 bits per heavy atom. The van der Waals surface area contributed by atoms with Gasteiger partial charge >= 0.3 is 6.18 Å². The molecule has 3 aromatic rings. The molecule has 1 fully saturated rings. The Labute approximate surface area is 159 Å². The maximum absolute atomic E-state index is 13.1. The molecule has 2 N–H and O–H groups in total. The second-order valence-corrected chi connectivity index (χ2v) is 6.89. The van der Waals surface area contributed by atoms with E-state index in [4.69, 9.17) is 5.73 Å². The zero-order chi connectivity index (χ0) is 20.1. The molecule has 0 radical (unpaired) electrons. The highest BCUT2D eigenvalue weighted by Gasteiger charge is 2.38. The first kappa shape index (κ1) is 18.2. The fourth-order valence-electron chi connectivity index (χ4n) is 3.27. The third-order valence-corrected chi connectivity index (χ3v) is 4.90. The fourth-order valence-corrected chi connectivity index (χ4v) is 3.27. The molecule has 1 aromatic carbocycles. The molecular formula is C20H17F3N4O. The number of carbonyl (C=O) groups is 1. The SMILES string of the molecule is Cc1c(C(N)=O)cccc1-c1ccc(-n2nc(C(F)(F)F)cc2C2CC2)nc1. The molecule has 0 bridgehead atoms. The van der Waals surface area contributed by atoms with Crippen LogP contribution in [0.5, 0.6) is 0 Å². The van der Waals surface area contributed by atoms with Crippen molar-refractivity contribution in [2.45, 2.75) is 31.9 Å². The van der Waals surface area contributed by atoms with E-state index in [9.17, 15) is 18.0 Å². The smallest absolute Gasteiger partial charge is 0.366 e. The molecule has 8 heteroatoms. The molecule has 4 rings (SSSR count). The monoisotopic (exact) mass is 386 g/mol. The van der Waals surface area contributed by atoms with E-state index in [0.717, 1.165) is 35.6 Å². The van der Waals surface area contributed by atoms with Crippen LogP contribution in [0.2, 0.25) is 0 Å². The third kappa shape index (κ3) is 3.26. The highest BCUT2D eigenvalue weighted by atomic mass is 19.4. The lowest BCUT2D eigenvalue weighted by molar-refractivity contribution is -0.141. The zero-order valence-corrected chi connectivity index (χ0v) is 15.0. The van der Waals surface area contributed by atoms with Gasteiger partial charge in [-0.05, 0) is 55.2 Å². The largest absolute Gasteiger partial charge is 0.435 e. The number of hydrogen-bond acceptors (Lipinski definition) is 3. The van der Waals surface area contributed by atoms with Gasteiger partial charge in [-0.15, -0.1) is 0 Å². The predicted molar refractivity (Wildman–Crippen MR) is 97.0 cm³/mol. The van der Waals surface area contributed by atoms with Crippen LogP contribution in [-0.4, -0.2) is 20.7 Å². The number of nitrogens with two attached hydrogens (primary N) is 1. The first-order chi connectivity index (χ1) is 13.3. The van der Waals surface area contributed by atoms with Gasteiger partial charge in [0.1, 0.15) is 0 Å². The number of amides is 1. The highest BCUT2D eigenvalue weighted by molar-refractivity contribution is 5.96. The van der Waals surface area contributed by atoms with E-state index < -0.39 is 17.8 Å². The number of aromatic nitrogens is 3. The summed E-state index contributed by atoms with van der Waals surface area (Å²) in [5, 5.41) is 3.74. The topological polar surface area (TPSA) is 73.8 Å². The predicted octanol–water partition coefficient (Wildman–Crippen LogP) is 4.24. The number of primary amides is 1. The molecule has 1 aliphatic carbocycles. The van der Waals surface area contributed by atoms with Crippen LogP contribution in [0.1, 0.15) is 46.1 Å². The molecule has 144 valence electrons. The Kier molecular flexibility index (Phi) is 4.21. The van der Waals surface area contributed by atoms with E-state index in [1.807, 2.05) is 6.07 Å². The van der Waals surface area contributed by atoms with Crippen LogP contribution in [0, 0.1) is 6.92 Å². The van der Waals surface area contributed by atoms with E-state index in [2.05, 4.69) is 10.1 Å². The number of rotatable bonds is 4. The van der Waals surface area contributed by atoms with Crippen LogP contribution in [0.3, 0.4) is 0 Å². The normalized spacial score (nSPS) is 14.3. The van der Waals surface area contributed by atoms with Crippen LogP contribution in [0.15, 0.2) is 42.6 Å². The van der Waals surface area contributed by atoms with Gasteiger partial charge in [0.05, 0.1) is 0 Å². The number of benzene rings is 1. The van der Waals surface area contributed by atoms with Gasteiger partial charge in [-0.2, -0.15) is 18.3 Å². The van der Waals surface area contributed by atoms with Crippen molar-refractivity contribution in [1.82, 2.24) is 14.8 Å². The first-order valence-corrected chi connectivity index (χ1v) is 8.79. The molecule has 0 spiro atoms. The summed E-state index contributed by atoms with van der Waals surface area (Å²) in [5.74, 6) is -0.112. The average molecular weight is 386 g/mol. The summed E-state index contributed by atoms with van der Waals surface area (Å²) in [7, 11) is 0. The molecular weight excluding hydrogens is 369 g/mol. The minimum absolute atomic E-state index is 0.0829. The van der Waals surface area contributed by atoms with Gasteiger partial charge < -0.3 is 5.73 Å². The molecule has 28 heavy (non-hydrogen) atoms. The lowest BCUT2D eigenvalue weighted by Gasteiger charge is -2.11. The quantitative estimate of drug-likeness (QED) is 0.729. The van der Waals surface area contributed by atoms with Crippen LogP contribution in [-0.2, 0) is 6.18 Å². The lowest BCUT2D eigenvalue weighted by Crippen LogP contribution is -2.13. The summed E-state index contributed by atoms with van der Waals surface area (Å²) < 4.78 is 40.5. The number of halogens is 3. The maximum Gasteiger partial charge on any atom is 0.435 e. The van der Waals surface area contributed by atoms with Crippen molar-refractivity contribution in [3.05, 3.63) is 65.1 Å². The summed E-state index contributed by atoms with van der Waals surface area (Å²) in [6, 6.07) is 9.70. The summed E-state index contributed by atoms with van der Waals surface area (Å²) >= 11 is 0. The summed E-state index contributed by atoms with van der Waals surface area (Å²) in [6.07, 6.45) is -1.24. The third-order valence-electron chi connectivity index (χ3n) is 4.90. The molecule has 1 saturated carbocycles. The van der Waals surface area contributed by atoms with E-state index in [0.29, 0.717) is 17.1 Å². The maximum atomic E-state index is 13.1. The number of carbonyl (C=O) groups excluding carboxylic acids is 1. The molecule has 2 heterocycles. The van der Waals surface area contributed by atoms with Gasteiger partial charge in [-0.25, -0.2) is 9.67 Å². The van der Waals surface area contributed by atoms with Crippen molar-refractivity contribution in [1.29, 1.82) is 0 Å². The summed E-state index contributed by atoms with van der Waals surface area (Å²) in [5.41, 5.74) is 7.67. The molecule has 0 atom stereocenters. The second-order valence-electron chi connectivity index (χ2n) is 6.89. The van der Waals surface area contributed by atoms with Gasteiger partial charge in [0.15, 0.2) is 11.5 Å². The Morgan fingerprint density at radius 3 is 2.54 bits per heavy atom. The van der Waals surface area contributed by atoms with E-state index in [-0.39, 0.29) is 5.92 Å². The minimum atomic E-state index is -4.50. The van der Waals surface area contributed by atoms with Crippen molar-refractivity contribution < 1.29 is 18.0 Å². The van der Waals surface area contributed by atoms with E-state index >= 15 is 0 Å². The zero-order valence-electron chi connectivity index (χ0n) is 15.0. The highest BCUT2D eigenvalue weighted by Crippen LogP contribution is 2.42. The molecule has 1 aliphatic rings. The molecule has 5 nitrogen and oxygen atoms in total. The Balaban J connectivity index is 1.73. The molecule has 0 unspecified atom stereocenters. The number of nitrogens with zero attached hydrogens (tertiary/aromatic N) is 3. The average Bonchev–Trinajstić information content (AvgIpc) is 3.39. The Bertz CT molecular complexity index is 1050. The minimum Gasteiger partial charge on any atom is -0.366 e. The van der Waals surface area contributed by atoms with Crippen LogP contribution < -0.4 is 5.73 Å². The first-order valence-electron chi connectivity index (χ1n) is 8.79. The van der Waals surface area contributed by atoms with Crippen LogP contribution in [0.4, 0.5) is 13.2 Å². The van der Waals surface area contributed by atoms with Crippen molar-refractivity contribution in [2.24, 2.45) is 5.73 Å². The van der Waals surface area contributed by atoms with Gasteiger partial charge in [0.2, 0.25) is 5.91 Å². The molecule has 2 aromatic heterocycles. The summed E-state index contributed by atoms with van der Waals surface area (Å²) in [6.45, 7) is 1.79. The standard InChI is InChI=1S/C20H17F3N4O/c1-11-14(3-2-4-15(11)19(24)28)13-7-8-18(25-10-13)27-16(12-5-6-12)9-17(26-27)20(21,22)23/h2-4,7-10,12H,5-6H2,1H3,(H2,24,28). The van der Waals surface area contributed by atoms with Crippen molar-refractivity contribution in [3.63, 3.8) is 0 Å². The fraction of sp³-hybridized carbons (Fsp3) is 0.250. The number of pyridine rings is 1. The van der Waals surface area contributed by atoms with Gasteiger partial charge in [-0.1, -0.05) is 12.1 Å². The van der Waals surface area contributed by atoms with E-state index in [1.54, 1.807) is 37.4 Å². The van der Waals surface area contributed by atoms with Crippen molar-refractivity contribution in [2.75, 3.05) is 0 Å². The van der Waals surface area contributed by atoms with Crippen molar-refractivity contribution >= 4 is 5.91 Å². The number of alkyl halides is 3. The van der Waals surface area contributed by atoms with Crippen LogP contribution >= 0.6 is 0 Å². The molecule has 0 aliphatic heterocycles.